The van der Waals surface area contributed by atoms with Gasteiger partial charge in [0.25, 0.3) is 0 Å². The molecule has 3 rings (SSSR count). The molecule has 2 heteroatoms. The SMILES string of the molecule is O=C(c1ccccc1)C(CN1CCCCC1)c1ccccc1. The van der Waals surface area contributed by atoms with Crippen LogP contribution in [0.5, 0.6) is 0 Å². The number of likely N-dealkylation sites (tertiary alicyclic amines) is 1. The fourth-order valence-electron chi connectivity index (χ4n) is 3.23. The lowest BCUT2D eigenvalue weighted by molar-refractivity contribution is 0.0925. The molecule has 0 radical (unpaired) electrons. The number of carbonyl (C=O) groups excluding carboxylic acids is 1. The molecule has 114 valence electrons. The molecule has 0 spiro atoms. The van der Waals surface area contributed by atoms with E-state index in [1.807, 2.05) is 48.5 Å². The average molecular weight is 293 g/mol. The largest absolute Gasteiger partial charge is 0.302 e. The van der Waals surface area contributed by atoms with Gasteiger partial charge in [-0.2, -0.15) is 0 Å². The minimum Gasteiger partial charge on any atom is -0.302 e. The lowest BCUT2D eigenvalue weighted by Gasteiger charge is -2.30. The summed E-state index contributed by atoms with van der Waals surface area (Å²) in [5, 5.41) is 0. The Balaban J connectivity index is 1.84. The third kappa shape index (κ3) is 3.63. The molecule has 0 saturated carbocycles. The van der Waals surface area contributed by atoms with Gasteiger partial charge in [0.2, 0.25) is 0 Å². The van der Waals surface area contributed by atoms with E-state index in [-0.39, 0.29) is 11.7 Å². The van der Waals surface area contributed by atoms with Crippen LogP contribution in [0.3, 0.4) is 0 Å². The smallest absolute Gasteiger partial charge is 0.171 e. The highest BCUT2D eigenvalue weighted by atomic mass is 16.1. The Morgan fingerprint density at radius 2 is 1.45 bits per heavy atom. The summed E-state index contributed by atoms with van der Waals surface area (Å²) in [5.41, 5.74) is 1.94. The van der Waals surface area contributed by atoms with Crippen LogP contribution in [-0.4, -0.2) is 30.3 Å². The van der Waals surface area contributed by atoms with E-state index in [4.69, 9.17) is 0 Å². The number of hydrogen-bond donors (Lipinski definition) is 0. The van der Waals surface area contributed by atoms with Crippen molar-refractivity contribution in [3.8, 4) is 0 Å². The molecule has 0 amide bonds. The normalized spacial score (nSPS) is 17.1. The van der Waals surface area contributed by atoms with Crippen molar-refractivity contribution in [3.63, 3.8) is 0 Å². The van der Waals surface area contributed by atoms with Crippen LogP contribution in [0.25, 0.3) is 0 Å². The molecule has 0 bridgehead atoms. The number of carbonyl (C=O) groups is 1. The second-order valence-electron chi connectivity index (χ2n) is 6.05. The van der Waals surface area contributed by atoms with Gasteiger partial charge in [-0.1, -0.05) is 67.1 Å². The van der Waals surface area contributed by atoms with Crippen LogP contribution >= 0.6 is 0 Å². The molecule has 1 fully saturated rings. The summed E-state index contributed by atoms with van der Waals surface area (Å²) >= 11 is 0. The molecule has 1 atom stereocenters. The highest BCUT2D eigenvalue weighted by Crippen LogP contribution is 2.24. The van der Waals surface area contributed by atoms with Crippen LogP contribution in [0.1, 0.15) is 41.1 Å². The molecule has 1 saturated heterocycles. The quantitative estimate of drug-likeness (QED) is 0.772. The molecular weight excluding hydrogens is 270 g/mol. The number of nitrogens with zero attached hydrogens (tertiary/aromatic N) is 1. The van der Waals surface area contributed by atoms with E-state index in [1.165, 1.54) is 19.3 Å². The van der Waals surface area contributed by atoms with Gasteiger partial charge in [0.1, 0.15) is 0 Å². The highest BCUT2D eigenvalue weighted by Gasteiger charge is 2.25. The summed E-state index contributed by atoms with van der Waals surface area (Å²) in [6.07, 6.45) is 3.82. The van der Waals surface area contributed by atoms with Crippen molar-refractivity contribution in [2.75, 3.05) is 19.6 Å². The number of rotatable bonds is 5. The first-order valence-corrected chi connectivity index (χ1v) is 8.21. The maximum Gasteiger partial charge on any atom is 0.171 e. The van der Waals surface area contributed by atoms with Crippen LogP contribution in [0.15, 0.2) is 60.7 Å². The van der Waals surface area contributed by atoms with E-state index < -0.39 is 0 Å². The lowest BCUT2D eigenvalue weighted by atomic mass is 9.89. The standard InChI is InChI=1S/C20H23NO/c22-20(18-12-6-2-7-13-18)19(17-10-4-1-5-11-17)16-21-14-8-3-9-15-21/h1-2,4-7,10-13,19H,3,8-9,14-16H2. The van der Waals surface area contributed by atoms with Crippen molar-refractivity contribution in [3.05, 3.63) is 71.8 Å². The number of piperidine rings is 1. The van der Waals surface area contributed by atoms with Gasteiger partial charge in [0, 0.05) is 12.1 Å². The third-order valence-electron chi connectivity index (χ3n) is 4.47. The molecule has 2 aromatic carbocycles. The van der Waals surface area contributed by atoms with Gasteiger partial charge < -0.3 is 4.90 Å². The van der Waals surface area contributed by atoms with Crippen LogP contribution < -0.4 is 0 Å². The van der Waals surface area contributed by atoms with E-state index in [2.05, 4.69) is 17.0 Å². The fourth-order valence-corrected chi connectivity index (χ4v) is 3.23. The minimum atomic E-state index is -0.0679. The van der Waals surface area contributed by atoms with Crippen LogP contribution in [-0.2, 0) is 0 Å². The first-order valence-electron chi connectivity index (χ1n) is 8.21. The van der Waals surface area contributed by atoms with Gasteiger partial charge in [-0.05, 0) is 31.5 Å². The molecule has 0 N–H and O–H groups in total. The molecule has 1 aliphatic heterocycles. The van der Waals surface area contributed by atoms with E-state index >= 15 is 0 Å². The fraction of sp³-hybridized carbons (Fsp3) is 0.350. The second kappa shape index (κ2) is 7.37. The zero-order valence-corrected chi connectivity index (χ0v) is 12.9. The van der Waals surface area contributed by atoms with Gasteiger partial charge >= 0.3 is 0 Å². The third-order valence-corrected chi connectivity index (χ3v) is 4.47. The van der Waals surface area contributed by atoms with Crippen LogP contribution in [0.4, 0.5) is 0 Å². The van der Waals surface area contributed by atoms with Crippen LogP contribution in [0, 0.1) is 0 Å². The Hall–Kier alpha value is -1.93. The number of Topliss-reactive ketones (excluding diaryl/α,β-unsaturated/α-hetero) is 1. The zero-order chi connectivity index (χ0) is 15.2. The number of ketones is 1. The summed E-state index contributed by atoms with van der Waals surface area (Å²) in [6.45, 7) is 3.06. The maximum atomic E-state index is 13.0. The topological polar surface area (TPSA) is 20.3 Å². The van der Waals surface area contributed by atoms with Gasteiger partial charge in [-0.25, -0.2) is 0 Å². The van der Waals surface area contributed by atoms with Gasteiger partial charge in [-0.3, -0.25) is 4.79 Å². The zero-order valence-electron chi connectivity index (χ0n) is 12.9. The lowest BCUT2D eigenvalue weighted by Crippen LogP contribution is -2.35. The summed E-state index contributed by atoms with van der Waals surface area (Å²) in [7, 11) is 0. The van der Waals surface area contributed by atoms with Gasteiger partial charge in [0.15, 0.2) is 5.78 Å². The Labute approximate surface area is 132 Å². The summed E-state index contributed by atoms with van der Waals surface area (Å²) < 4.78 is 0. The van der Waals surface area contributed by atoms with Crippen molar-refractivity contribution < 1.29 is 4.79 Å². The van der Waals surface area contributed by atoms with E-state index in [0.29, 0.717) is 0 Å². The predicted octanol–water partition coefficient (Wildman–Crippen LogP) is 4.14. The van der Waals surface area contributed by atoms with E-state index in [1.54, 1.807) is 0 Å². The van der Waals surface area contributed by atoms with Crippen molar-refractivity contribution in [1.29, 1.82) is 0 Å². The first-order chi connectivity index (χ1) is 10.8. The highest BCUT2D eigenvalue weighted by molar-refractivity contribution is 6.01. The Morgan fingerprint density at radius 3 is 2.09 bits per heavy atom. The van der Waals surface area contributed by atoms with Crippen molar-refractivity contribution >= 4 is 5.78 Å². The number of benzene rings is 2. The monoisotopic (exact) mass is 293 g/mol. The summed E-state index contributed by atoms with van der Waals surface area (Å²) in [5.74, 6) is 0.166. The molecule has 0 aromatic heterocycles. The van der Waals surface area contributed by atoms with Crippen molar-refractivity contribution in [1.82, 2.24) is 4.90 Å². The number of hydrogen-bond acceptors (Lipinski definition) is 2. The Kier molecular flexibility index (Phi) is 5.02. The molecular formula is C20H23NO. The second-order valence-corrected chi connectivity index (χ2v) is 6.05. The first kappa shape index (κ1) is 15.0. The van der Waals surface area contributed by atoms with Gasteiger partial charge in [-0.15, -0.1) is 0 Å². The maximum absolute atomic E-state index is 13.0. The van der Waals surface area contributed by atoms with Crippen molar-refractivity contribution in [2.45, 2.75) is 25.2 Å². The molecule has 1 aliphatic rings. The van der Waals surface area contributed by atoms with E-state index in [9.17, 15) is 4.79 Å². The van der Waals surface area contributed by atoms with Crippen LogP contribution in [0.2, 0.25) is 0 Å². The Morgan fingerprint density at radius 1 is 0.864 bits per heavy atom. The summed E-state index contributed by atoms with van der Waals surface area (Å²) in [4.78, 5) is 15.4. The average Bonchev–Trinajstić information content (AvgIpc) is 2.61. The molecule has 0 aliphatic carbocycles. The van der Waals surface area contributed by atoms with E-state index in [0.717, 1.165) is 30.8 Å². The molecule has 1 unspecified atom stereocenters. The van der Waals surface area contributed by atoms with Crippen molar-refractivity contribution in [2.24, 2.45) is 0 Å². The minimum absolute atomic E-state index is 0.0679. The Bertz CT molecular complexity index is 588. The molecule has 22 heavy (non-hydrogen) atoms. The predicted molar refractivity (Wildman–Crippen MR) is 90.2 cm³/mol. The molecule has 2 nitrogen and oxygen atoms in total. The molecule has 2 aromatic rings. The summed E-state index contributed by atoms with van der Waals surface area (Å²) in [6, 6.07) is 19.9. The molecule has 1 heterocycles. The van der Waals surface area contributed by atoms with Gasteiger partial charge in [0.05, 0.1) is 5.92 Å².